The summed E-state index contributed by atoms with van der Waals surface area (Å²) in [4.78, 5) is 2.53. The molecule has 0 atom stereocenters. The fraction of sp³-hybridized carbons (Fsp3) is 0.667. The van der Waals surface area contributed by atoms with Crippen LogP contribution in [0.3, 0.4) is 0 Å². The molecule has 0 unspecified atom stereocenters. The summed E-state index contributed by atoms with van der Waals surface area (Å²) in [6.07, 6.45) is 6.63. The third-order valence-corrected chi connectivity index (χ3v) is 5.26. The van der Waals surface area contributed by atoms with Crippen molar-refractivity contribution in [3.63, 3.8) is 0 Å². The molecule has 0 amide bonds. The normalized spacial score (nSPS) is 16.8. The van der Waals surface area contributed by atoms with Gasteiger partial charge in [0.15, 0.2) is 0 Å². The Hall–Kier alpha value is -1.66. The fourth-order valence-electron chi connectivity index (χ4n) is 3.69. The van der Waals surface area contributed by atoms with Gasteiger partial charge in [0.1, 0.15) is 0 Å². The van der Waals surface area contributed by atoms with Crippen LogP contribution in [0.1, 0.15) is 48.2 Å². The van der Waals surface area contributed by atoms with Crippen LogP contribution >= 0.6 is 0 Å². The van der Waals surface area contributed by atoms with E-state index in [1.54, 1.807) is 0 Å². The summed E-state index contributed by atoms with van der Waals surface area (Å²) in [5, 5.41) is 18.1. The van der Waals surface area contributed by atoms with E-state index in [0.29, 0.717) is 12.5 Å². The van der Waals surface area contributed by atoms with Gasteiger partial charge in [0, 0.05) is 30.5 Å². The molecule has 0 aliphatic carbocycles. The van der Waals surface area contributed by atoms with Crippen molar-refractivity contribution in [1.29, 1.82) is 0 Å². The van der Waals surface area contributed by atoms with Crippen molar-refractivity contribution < 1.29 is 5.11 Å². The maximum absolute atomic E-state index is 9.14. The number of nitrogens with zero attached hydrogens (tertiary/aromatic N) is 5. The Morgan fingerprint density at radius 3 is 2.62 bits per heavy atom. The lowest BCUT2D eigenvalue weighted by Gasteiger charge is -2.31. The van der Waals surface area contributed by atoms with Crippen LogP contribution in [0.2, 0.25) is 0 Å². The van der Waals surface area contributed by atoms with Gasteiger partial charge in [-0.25, -0.2) is 0 Å². The number of piperidine rings is 1. The molecule has 0 saturated carbocycles. The lowest BCUT2D eigenvalue weighted by atomic mass is 9.91. The smallest absolute Gasteiger partial charge is 0.0644 e. The SMILES string of the molecule is CCn1cc(C2CCN(Cc3c(C)nn(CCO)c3C)CC2)cn1. The lowest BCUT2D eigenvalue weighted by Crippen LogP contribution is -2.32. The van der Waals surface area contributed by atoms with Gasteiger partial charge in [-0.2, -0.15) is 10.2 Å². The number of likely N-dealkylation sites (tertiary alicyclic amines) is 1. The van der Waals surface area contributed by atoms with Gasteiger partial charge in [-0.1, -0.05) is 0 Å². The van der Waals surface area contributed by atoms with Crippen molar-refractivity contribution in [2.24, 2.45) is 0 Å². The number of rotatable bonds is 6. The first-order chi connectivity index (χ1) is 11.6. The first-order valence-electron chi connectivity index (χ1n) is 9.00. The molecule has 0 aromatic carbocycles. The number of aromatic nitrogens is 4. The van der Waals surface area contributed by atoms with Gasteiger partial charge in [-0.15, -0.1) is 0 Å². The van der Waals surface area contributed by atoms with Gasteiger partial charge in [-0.3, -0.25) is 14.3 Å². The molecular weight excluding hydrogens is 302 g/mol. The third kappa shape index (κ3) is 3.54. The van der Waals surface area contributed by atoms with Gasteiger partial charge >= 0.3 is 0 Å². The zero-order valence-corrected chi connectivity index (χ0v) is 15.1. The van der Waals surface area contributed by atoms with Crippen LogP contribution in [0, 0.1) is 13.8 Å². The fourth-order valence-corrected chi connectivity index (χ4v) is 3.69. The highest BCUT2D eigenvalue weighted by molar-refractivity contribution is 5.24. The van der Waals surface area contributed by atoms with Crippen molar-refractivity contribution in [2.45, 2.75) is 59.2 Å². The van der Waals surface area contributed by atoms with E-state index >= 15 is 0 Å². The molecule has 24 heavy (non-hydrogen) atoms. The molecule has 2 aromatic heterocycles. The van der Waals surface area contributed by atoms with Crippen LogP contribution in [0.25, 0.3) is 0 Å². The summed E-state index contributed by atoms with van der Waals surface area (Å²) in [6, 6.07) is 0. The second-order valence-corrected chi connectivity index (χ2v) is 6.78. The quantitative estimate of drug-likeness (QED) is 0.880. The molecule has 6 heteroatoms. The van der Waals surface area contributed by atoms with Gasteiger partial charge in [0.2, 0.25) is 0 Å². The van der Waals surface area contributed by atoms with Crippen LogP contribution in [0.4, 0.5) is 0 Å². The summed E-state index contributed by atoms with van der Waals surface area (Å²) < 4.78 is 3.94. The van der Waals surface area contributed by atoms with E-state index in [1.807, 2.05) is 15.6 Å². The van der Waals surface area contributed by atoms with Crippen LogP contribution in [0.5, 0.6) is 0 Å². The molecule has 132 valence electrons. The number of hydrogen-bond donors (Lipinski definition) is 1. The molecular formula is C18H29N5O. The largest absolute Gasteiger partial charge is 0.394 e. The summed E-state index contributed by atoms with van der Waals surface area (Å²) in [6.45, 7) is 11.2. The molecule has 3 rings (SSSR count). The average Bonchev–Trinajstić information content (AvgIpc) is 3.17. The van der Waals surface area contributed by atoms with E-state index in [9.17, 15) is 0 Å². The molecule has 2 aromatic rings. The Balaban J connectivity index is 1.59. The number of aliphatic hydroxyl groups excluding tert-OH is 1. The molecule has 0 bridgehead atoms. The minimum atomic E-state index is 0.137. The van der Waals surface area contributed by atoms with E-state index in [0.717, 1.165) is 31.9 Å². The van der Waals surface area contributed by atoms with Crippen LogP contribution < -0.4 is 0 Å². The second kappa shape index (κ2) is 7.49. The van der Waals surface area contributed by atoms with Crippen molar-refractivity contribution in [3.05, 3.63) is 34.9 Å². The first kappa shape index (κ1) is 17.2. The highest BCUT2D eigenvalue weighted by atomic mass is 16.3. The molecule has 6 nitrogen and oxygen atoms in total. The minimum Gasteiger partial charge on any atom is -0.394 e. The highest BCUT2D eigenvalue weighted by Crippen LogP contribution is 2.29. The van der Waals surface area contributed by atoms with E-state index < -0.39 is 0 Å². The first-order valence-corrected chi connectivity index (χ1v) is 9.00. The molecule has 0 radical (unpaired) electrons. The zero-order valence-electron chi connectivity index (χ0n) is 15.1. The van der Waals surface area contributed by atoms with Crippen LogP contribution in [-0.2, 0) is 19.6 Å². The van der Waals surface area contributed by atoms with E-state index in [-0.39, 0.29) is 6.61 Å². The summed E-state index contributed by atoms with van der Waals surface area (Å²) in [5.41, 5.74) is 4.99. The molecule has 1 aliphatic heterocycles. The lowest BCUT2D eigenvalue weighted by molar-refractivity contribution is 0.204. The average molecular weight is 331 g/mol. The predicted molar refractivity (Wildman–Crippen MR) is 93.9 cm³/mol. The molecule has 1 N–H and O–H groups in total. The number of hydrogen-bond acceptors (Lipinski definition) is 4. The van der Waals surface area contributed by atoms with Crippen molar-refractivity contribution in [1.82, 2.24) is 24.5 Å². The van der Waals surface area contributed by atoms with E-state index in [4.69, 9.17) is 5.11 Å². The Morgan fingerprint density at radius 2 is 2.00 bits per heavy atom. The van der Waals surface area contributed by atoms with Gasteiger partial charge in [0.05, 0.1) is 25.0 Å². The molecule has 1 saturated heterocycles. The Kier molecular flexibility index (Phi) is 5.36. The van der Waals surface area contributed by atoms with E-state index in [2.05, 4.69) is 42.1 Å². The maximum Gasteiger partial charge on any atom is 0.0644 e. The summed E-state index contributed by atoms with van der Waals surface area (Å²) in [7, 11) is 0. The van der Waals surface area contributed by atoms with Gasteiger partial charge in [-0.05, 0) is 58.2 Å². The Morgan fingerprint density at radius 1 is 1.25 bits per heavy atom. The summed E-state index contributed by atoms with van der Waals surface area (Å²) in [5.74, 6) is 0.640. The maximum atomic E-state index is 9.14. The highest BCUT2D eigenvalue weighted by Gasteiger charge is 2.23. The molecule has 0 spiro atoms. The summed E-state index contributed by atoms with van der Waals surface area (Å²) >= 11 is 0. The number of aliphatic hydroxyl groups is 1. The van der Waals surface area contributed by atoms with Crippen molar-refractivity contribution in [3.8, 4) is 0 Å². The van der Waals surface area contributed by atoms with Gasteiger partial charge in [0.25, 0.3) is 0 Å². The van der Waals surface area contributed by atoms with Crippen LogP contribution in [-0.4, -0.2) is 49.3 Å². The van der Waals surface area contributed by atoms with Crippen molar-refractivity contribution in [2.75, 3.05) is 19.7 Å². The monoisotopic (exact) mass is 331 g/mol. The predicted octanol–water partition coefficient (Wildman–Crippen LogP) is 2.09. The van der Waals surface area contributed by atoms with Crippen molar-refractivity contribution >= 4 is 0 Å². The zero-order chi connectivity index (χ0) is 17.1. The number of aryl methyl sites for hydroxylation is 2. The second-order valence-electron chi connectivity index (χ2n) is 6.78. The molecule has 1 aliphatic rings. The van der Waals surface area contributed by atoms with Crippen LogP contribution in [0.15, 0.2) is 12.4 Å². The Labute approximate surface area is 144 Å². The standard InChI is InChI=1S/C18H29N5O/c1-4-22-12-17(11-19-22)16-5-7-21(8-6-16)13-18-14(2)20-23(9-10-24)15(18)3/h11-12,16,24H,4-10,13H2,1-3H3. The minimum absolute atomic E-state index is 0.137. The molecule has 1 fully saturated rings. The Bertz CT molecular complexity index is 667. The van der Waals surface area contributed by atoms with E-state index in [1.165, 1.54) is 29.7 Å². The van der Waals surface area contributed by atoms with Gasteiger partial charge < -0.3 is 5.11 Å². The third-order valence-electron chi connectivity index (χ3n) is 5.26. The molecule has 3 heterocycles. The topological polar surface area (TPSA) is 59.1 Å².